The van der Waals surface area contributed by atoms with E-state index >= 15 is 0 Å². The predicted octanol–water partition coefficient (Wildman–Crippen LogP) is 1.14. The molecule has 0 fully saturated rings. The second kappa shape index (κ2) is 6.94. The predicted molar refractivity (Wildman–Crippen MR) is 76.7 cm³/mol. The first kappa shape index (κ1) is 15.2. The van der Waals surface area contributed by atoms with E-state index in [-0.39, 0.29) is 11.3 Å². The van der Waals surface area contributed by atoms with Crippen LogP contribution in [0.15, 0.2) is 12.3 Å². The molecule has 0 aromatic carbocycles. The van der Waals surface area contributed by atoms with E-state index in [1.807, 2.05) is 19.0 Å². The summed E-state index contributed by atoms with van der Waals surface area (Å²) in [7, 11) is 3.99. The van der Waals surface area contributed by atoms with E-state index in [9.17, 15) is 4.79 Å². The number of carboxylic acids is 1. The molecule has 0 aliphatic rings. The first-order chi connectivity index (χ1) is 8.97. The first-order valence-electron chi connectivity index (χ1n) is 6.34. The maximum atomic E-state index is 11.1. The number of nitrogen functional groups attached to an aromatic ring is 1. The Balaban J connectivity index is 3.01. The zero-order valence-corrected chi connectivity index (χ0v) is 11.8. The summed E-state index contributed by atoms with van der Waals surface area (Å²) in [5.41, 5.74) is 6.27. The fourth-order valence-corrected chi connectivity index (χ4v) is 1.81. The Morgan fingerprint density at radius 3 is 2.58 bits per heavy atom. The SMILES string of the molecule is CCCN(CCN(C)C)c1nccc(C(=O)O)c1N. The van der Waals surface area contributed by atoms with Crippen molar-refractivity contribution in [2.45, 2.75) is 13.3 Å². The van der Waals surface area contributed by atoms with Gasteiger partial charge in [0.05, 0.1) is 11.3 Å². The summed E-state index contributed by atoms with van der Waals surface area (Å²) >= 11 is 0. The second-order valence-corrected chi connectivity index (χ2v) is 4.69. The molecule has 0 atom stereocenters. The molecular weight excluding hydrogens is 244 g/mol. The van der Waals surface area contributed by atoms with Crippen molar-refractivity contribution in [2.24, 2.45) is 0 Å². The molecule has 1 heterocycles. The molecule has 1 aromatic heterocycles. The number of aromatic nitrogens is 1. The van der Waals surface area contributed by atoms with Crippen LogP contribution in [0.4, 0.5) is 11.5 Å². The monoisotopic (exact) mass is 266 g/mol. The highest BCUT2D eigenvalue weighted by atomic mass is 16.4. The number of nitrogens with zero attached hydrogens (tertiary/aromatic N) is 3. The standard InChI is InChI=1S/C13H22N4O2/c1-4-7-17(9-8-16(2)3)12-11(14)10(13(18)19)5-6-15-12/h5-6H,4,7-9,14H2,1-3H3,(H,18,19). The van der Waals surface area contributed by atoms with E-state index in [4.69, 9.17) is 10.8 Å². The molecule has 106 valence electrons. The van der Waals surface area contributed by atoms with Crippen LogP contribution in [0, 0.1) is 0 Å². The first-order valence-corrected chi connectivity index (χ1v) is 6.34. The number of aromatic carboxylic acids is 1. The summed E-state index contributed by atoms with van der Waals surface area (Å²) in [5, 5.41) is 9.09. The molecule has 0 radical (unpaired) electrons. The quantitative estimate of drug-likeness (QED) is 0.770. The van der Waals surface area contributed by atoms with Gasteiger partial charge < -0.3 is 20.6 Å². The zero-order chi connectivity index (χ0) is 14.4. The lowest BCUT2D eigenvalue weighted by Crippen LogP contribution is -2.33. The van der Waals surface area contributed by atoms with E-state index in [0.717, 1.165) is 26.1 Å². The van der Waals surface area contributed by atoms with Gasteiger partial charge in [0, 0.05) is 25.8 Å². The number of carbonyl (C=O) groups is 1. The molecule has 6 heteroatoms. The Hall–Kier alpha value is -1.82. The lowest BCUT2D eigenvalue weighted by Gasteiger charge is -2.26. The highest BCUT2D eigenvalue weighted by Gasteiger charge is 2.16. The minimum absolute atomic E-state index is 0.107. The van der Waals surface area contributed by atoms with Crippen LogP contribution < -0.4 is 10.6 Å². The van der Waals surface area contributed by atoms with Gasteiger partial charge in [-0.3, -0.25) is 0 Å². The van der Waals surface area contributed by atoms with Crippen molar-refractivity contribution in [3.05, 3.63) is 17.8 Å². The molecule has 0 saturated carbocycles. The third kappa shape index (κ3) is 4.10. The molecule has 0 bridgehead atoms. The van der Waals surface area contributed by atoms with Crippen LogP contribution in [-0.4, -0.2) is 54.7 Å². The highest BCUT2D eigenvalue weighted by Crippen LogP contribution is 2.24. The molecule has 0 aliphatic carbocycles. The van der Waals surface area contributed by atoms with Crippen LogP contribution in [0.1, 0.15) is 23.7 Å². The number of hydrogen-bond acceptors (Lipinski definition) is 5. The minimum atomic E-state index is -1.02. The van der Waals surface area contributed by atoms with Crippen LogP contribution in [0.5, 0.6) is 0 Å². The average molecular weight is 266 g/mol. The van der Waals surface area contributed by atoms with Gasteiger partial charge in [0.2, 0.25) is 0 Å². The van der Waals surface area contributed by atoms with Gasteiger partial charge in [-0.15, -0.1) is 0 Å². The van der Waals surface area contributed by atoms with E-state index in [1.165, 1.54) is 12.3 Å². The smallest absolute Gasteiger partial charge is 0.337 e. The van der Waals surface area contributed by atoms with Crippen LogP contribution >= 0.6 is 0 Å². The fraction of sp³-hybridized carbons (Fsp3) is 0.538. The number of carboxylic acid groups (broad SMARTS) is 1. The maximum absolute atomic E-state index is 11.1. The Kier molecular flexibility index (Phi) is 5.57. The lowest BCUT2D eigenvalue weighted by molar-refractivity contribution is 0.0698. The Labute approximate surface area is 113 Å². The second-order valence-electron chi connectivity index (χ2n) is 4.69. The molecule has 0 unspecified atom stereocenters. The van der Waals surface area contributed by atoms with Gasteiger partial charge in [0.25, 0.3) is 0 Å². The lowest BCUT2D eigenvalue weighted by atomic mass is 10.2. The van der Waals surface area contributed by atoms with Crippen molar-refractivity contribution in [2.75, 3.05) is 44.4 Å². The molecule has 1 aromatic rings. The van der Waals surface area contributed by atoms with E-state index in [2.05, 4.69) is 16.8 Å². The van der Waals surface area contributed by atoms with Crippen molar-refractivity contribution in [3.8, 4) is 0 Å². The normalized spacial score (nSPS) is 10.7. The number of likely N-dealkylation sites (N-methyl/N-ethyl adjacent to an activating group) is 1. The molecule has 0 saturated heterocycles. The van der Waals surface area contributed by atoms with Crippen molar-refractivity contribution in [1.29, 1.82) is 0 Å². The number of rotatable bonds is 7. The van der Waals surface area contributed by atoms with Gasteiger partial charge in [-0.25, -0.2) is 9.78 Å². The summed E-state index contributed by atoms with van der Waals surface area (Å²) in [6.07, 6.45) is 2.44. The number of nitrogens with two attached hydrogens (primary N) is 1. The number of hydrogen-bond donors (Lipinski definition) is 2. The number of anilines is 2. The van der Waals surface area contributed by atoms with Gasteiger partial charge in [0.1, 0.15) is 0 Å². The van der Waals surface area contributed by atoms with Crippen LogP contribution in [0.2, 0.25) is 0 Å². The molecular formula is C13H22N4O2. The van der Waals surface area contributed by atoms with E-state index in [0.29, 0.717) is 5.82 Å². The van der Waals surface area contributed by atoms with Gasteiger partial charge in [-0.1, -0.05) is 6.92 Å². The summed E-state index contributed by atoms with van der Waals surface area (Å²) < 4.78 is 0. The van der Waals surface area contributed by atoms with Gasteiger partial charge in [0.15, 0.2) is 5.82 Å². The molecule has 3 N–H and O–H groups in total. The van der Waals surface area contributed by atoms with Crippen LogP contribution in [0.3, 0.4) is 0 Å². The summed E-state index contributed by atoms with van der Waals surface area (Å²) in [5.74, 6) is -0.464. The minimum Gasteiger partial charge on any atom is -0.478 e. The van der Waals surface area contributed by atoms with Crippen molar-refractivity contribution in [3.63, 3.8) is 0 Å². The maximum Gasteiger partial charge on any atom is 0.337 e. The van der Waals surface area contributed by atoms with Crippen molar-refractivity contribution in [1.82, 2.24) is 9.88 Å². The molecule has 1 rings (SSSR count). The Bertz CT molecular complexity index is 435. The van der Waals surface area contributed by atoms with Gasteiger partial charge in [-0.05, 0) is 26.6 Å². The van der Waals surface area contributed by atoms with Crippen molar-refractivity contribution >= 4 is 17.5 Å². The Morgan fingerprint density at radius 1 is 1.37 bits per heavy atom. The van der Waals surface area contributed by atoms with Gasteiger partial charge >= 0.3 is 5.97 Å². The van der Waals surface area contributed by atoms with Gasteiger partial charge in [-0.2, -0.15) is 0 Å². The largest absolute Gasteiger partial charge is 0.478 e. The Morgan fingerprint density at radius 2 is 2.05 bits per heavy atom. The molecule has 0 amide bonds. The zero-order valence-electron chi connectivity index (χ0n) is 11.8. The molecule has 0 aliphatic heterocycles. The average Bonchev–Trinajstić information content (AvgIpc) is 2.34. The summed E-state index contributed by atoms with van der Waals surface area (Å²) in [6.45, 7) is 4.49. The topological polar surface area (TPSA) is 82.7 Å². The number of pyridine rings is 1. The molecule has 0 spiro atoms. The third-order valence-electron chi connectivity index (χ3n) is 2.81. The third-order valence-corrected chi connectivity index (χ3v) is 2.81. The van der Waals surface area contributed by atoms with Crippen molar-refractivity contribution < 1.29 is 9.90 Å². The molecule has 19 heavy (non-hydrogen) atoms. The van der Waals surface area contributed by atoms with E-state index in [1.54, 1.807) is 0 Å². The van der Waals surface area contributed by atoms with E-state index < -0.39 is 5.97 Å². The summed E-state index contributed by atoms with van der Waals surface area (Å²) in [6, 6.07) is 1.43. The van der Waals surface area contributed by atoms with Crippen LogP contribution in [0.25, 0.3) is 0 Å². The fourth-order valence-electron chi connectivity index (χ4n) is 1.81. The summed E-state index contributed by atoms with van der Waals surface area (Å²) in [4.78, 5) is 19.4. The molecule has 6 nitrogen and oxygen atoms in total. The highest BCUT2D eigenvalue weighted by molar-refractivity contribution is 5.96. The van der Waals surface area contributed by atoms with Crippen LogP contribution in [-0.2, 0) is 0 Å².